The fourth-order valence-electron chi connectivity index (χ4n) is 3.06. The van der Waals surface area contributed by atoms with E-state index >= 15 is 0 Å². The second kappa shape index (κ2) is 26.9. The molecule has 0 aromatic rings. The second-order valence-corrected chi connectivity index (χ2v) is 10.3. The van der Waals surface area contributed by atoms with E-state index < -0.39 is 32.5 Å². The van der Waals surface area contributed by atoms with Crippen molar-refractivity contribution in [1.82, 2.24) is 0 Å². The normalized spacial score (nSPS) is 14.6. The number of phosphoric acid groups is 1. The summed E-state index contributed by atoms with van der Waals surface area (Å²) in [7, 11) is -4.36. The molecule has 0 aliphatic heterocycles. The molecule has 0 spiro atoms. The van der Waals surface area contributed by atoms with Gasteiger partial charge in [0, 0.05) is 19.4 Å². The molecule has 0 heterocycles. The summed E-state index contributed by atoms with van der Waals surface area (Å²) in [6.07, 6.45) is 28.1. The number of ether oxygens (including phenoxy) is 2. The molecule has 0 fully saturated rings. The average Bonchev–Trinajstić information content (AvgIpc) is 2.93. The Hall–Kier alpha value is -2.29. The zero-order valence-corrected chi connectivity index (χ0v) is 25.2. The molecule has 0 aromatic heterocycles. The Kier molecular flexibility index (Phi) is 25.4. The van der Waals surface area contributed by atoms with E-state index in [-0.39, 0.29) is 32.6 Å². The summed E-state index contributed by atoms with van der Waals surface area (Å²) in [6, 6.07) is 0. The highest BCUT2D eigenvalue weighted by molar-refractivity contribution is 7.47. The molecule has 0 aromatic carbocycles. The number of carbonyl (C=O) groups is 2. The van der Waals surface area contributed by atoms with E-state index in [4.69, 9.17) is 19.7 Å². The molecule has 0 aliphatic carbocycles. The van der Waals surface area contributed by atoms with Crippen LogP contribution in [0.4, 0.5) is 0 Å². The van der Waals surface area contributed by atoms with E-state index in [0.717, 1.165) is 38.5 Å². The van der Waals surface area contributed by atoms with Crippen LogP contribution in [0.2, 0.25) is 0 Å². The quantitative estimate of drug-likeness (QED) is 0.0524. The summed E-state index contributed by atoms with van der Waals surface area (Å²) in [4.78, 5) is 33.8. The largest absolute Gasteiger partial charge is 0.472 e. The second-order valence-electron chi connectivity index (χ2n) is 8.88. The first-order valence-corrected chi connectivity index (χ1v) is 15.8. The van der Waals surface area contributed by atoms with Crippen molar-refractivity contribution in [1.29, 1.82) is 0 Å². The van der Waals surface area contributed by atoms with Crippen molar-refractivity contribution in [2.45, 2.75) is 90.6 Å². The number of hydrogen-bond donors (Lipinski definition) is 2. The van der Waals surface area contributed by atoms with Gasteiger partial charge in [0.2, 0.25) is 0 Å². The standard InChI is InChI=1S/C30H50NO8P/c1-3-5-7-8-9-10-11-12-13-14-15-16-17-18-19-20-21-23-30(33)39-28(26-36-29(32)22-6-4-2)27-38-40(34,35)37-25-24-31/h5,7,9-10,12-13,15-16,18-19,28H,3-4,6,8,11,14,17,20-27,31H2,1-2H3,(H,34,35)/b7-5-,10-9-,13-12-,16-15-,19-18-. The Morgan fingerprint density at radius 3 is 1.88 bits per heavy atom. The number of phosphoric ester groups is 1. The Labute approximate surface area is 240 Å². The minimum absolute atomic E-state index is 0.0409. The van der Waals surface area contributed by atoms with Crippen molar-refractivity contribution >= 4 is 19.8 Å². The number of nitrogens with two attached hydrogens (primary N) is 1. The molecule has 2 atom stereocenters. The highest BCUT2D eigenvalue weighted by Crippen LogP contribution is 2.43. The molecule has 0 amide bonds. The van der Waals surface area contributed by atoms with Crippen molar-refractivity contribution in [3.63, 3.8) is 0 Å². The lowest BCUT2D eigenvalue weighted by molar-refractivity contribution is -0.161. The van der Waals surface area contributed by atoms with Crippen LogP contribution in [0.1, 0.15) is 84.5 Å². The van der Waals surface area contributed by atoms with Crippen LogP contribution >= 0.6 is 7.82 Å². The van der Waals surface area contributed by atoms with Gasteiger partial charge in [0.1, 0.15) is 6.61 Å². The Morgan fingerprint density at radius 2 is 1.32 bits per heavy atom. The third-order valence-corrected chi connectivity index (χ3v) is 6.15. The number of esters is 2. The first-order valence-electron chi connectivity index (χ1n) is 14.3. The number of rotatable bonds is 25. The van der Waals surface area contributed by atoms with E-state index in [1.54, 1.807) is 0 Å². The summed E-state index contributed by atoms with van der Waals surface area (Å²) in [5.41, 5.74) is 5.26. The van der Waals surface area contributed by atoms with Gasteiger partial charge in [0.15, 0.2) is 6.10 Å². The summed E-state index contributed by atoms with van der Waals surface area (Å²) < 4.78 is 31.9. The van der Waals surface area contributed by atoms with Crippen LogP contribution in [0.5, 0.6) is 0 Å². The molecule has 2 unspecified atom stereocenters. The van der Waals surface area contributed by atoms with E-state index in [0.29, 0.717) is 19.3 Å². The molecule has 40 heavy (non-hydrogen) atoms. The van der Waals surface area contributed by atoms with E-state index in [1.165, 1.54) is 0 Å². The number of allylic oxidation sites excluding steroid dienone is 10. The highest BCUT2D eigenvalue weighted by Gasteiger charge is 2.25. The van der Waals surface area contributed by atoms with Gasteiger partial charge in [0.25, 0.3) is 0 Å². The number of hydrogen-bond acceptors (Lipinski definition) is 8. The van der Waals surface area contributed by atoms with Crippen LogP contribution in [-0.2, 0) is 32.7 Å². The molecule has 0 rings (SSSR count). The molecule has 0 bridgehead atoms. The zero-order chi connectivity index (χ0) is 29.7. The number of unbranched alkanes of at least 4 members (excludes halogenated alkanes) is 2. The van der Waals surface area contributed by atoms with Gasteiger partial charge in [0.05, 0.1) is 13.2 Å². The molecule has 228 valence electrons. The van der Waals surface area contributed by atoms with Gasteiger partial charge in [-0.3, -0.25) is 18.6 Å². The molecule has 9 nitrogen and oxygen atoms in total. The third-order valence-electron chi connectivity index (χ3n) is 5.17. The van der Waals surface area contributed by atoms with Gasteiger partial charge in [-0.1, -0.05) is 81.0 Å². The van der Waals surface area contributed by atoms with Gasteiger partial charge >= 0.3 is 19.8 Å². The Morgan fingerprint density at radius 1 is 0.775 bits per heavy atom. The maximum Gasteiger partial charge on any atom is 0.472 e. The Balaban J connectivity index is 4.29. The van der Waals surface area contributed by atoms with Crippen LogP contribution < -0.4 is 5.73 Å². The minimum Gasteiger partial charge on any atom is -0.462 e. The molecule has 10 heteroatoms. The van der Waals surface area contributed by atoms with Crippen molar-refractivity contribution < 1.29 is 37.6 Å². The average molecular weight is 584 g/mol. The molecule has 0 saturated heterocycles. The van der Waals surface area contributed by atoms with Crippen molar-refractivity contribution in [2.75, 3.05) is 26.4 Å². The van der Waals surface area contributed by atoms with E-state index in [9.17, 15) is 19.0 Å². The lowest BCUT2D eigenvalue weighted by Gasteiger charge is -2.19. The summed E-state index contributed by atoms with van der Waals surface area (Å²) in [5, 5.41) is 0. The predicted molar refractivity (Wildman–Crippen MR) is 159 cm³/mol. The summed E-state index contributed by atoms with van der Waals surface area (Å²) >= 11 is 0. The van der Waals surface area contributed by atoms with E-state index in [2.05, 4.69) is 60.1 Å². The molecule has 0 aliphatic rings. The van der Waals surface area contributed by atoms with Crippen LogP contribution in [0, 0.1) is 0 Å². The van der Waals surface area contributed by atoms with Gasteiger partial charge in [-0.25, -0.2) is 4.57 Å². The van der Waals surface area contributed by atoms with Crippen LogP contribution in [0.15, 0.2) is 60.8 Å². The third kappa shape index (κ3) is 26.0. The maximum absolute atomic E-state index is 12.3. The van der Waals surface area contributed by atoms with Gasteiger partial charge in [-0.2, -0.15) is 0 Å². The van der Waals surface area contributed by atoms with Gasteiger partial charge < -0.3 is 20.1 Å². The SMILES string of the molecule is CC/C=C\C/C=C\C/C=C\C/C=C\C/C=C\CCCC(=O)OC(COC(=O)CCCC)COP(=O)(O)OCCN. The van der Waals surface area contributed by atoms with Gasteiger partial charge in [-0.05, 0) is 51.4 Å². The first kappa shape index (κ1) is 37.7. The summed E-state index contributed by atoms with van der Waals surface area (Å²) in [5.74, 6) is -0.950. The fourth-order valence-corrected chi connectivity index (χ4v) is 3.82. The minimum atomic E-state index is -4.36. The fraction of sp³-hybridized carbons (Fsp3) is 0.600. The predicted octanol–water partition coefficient (Wildman–Crippen LogP) is 6.65. The zero-order valence-electron chi connectivity index (χ0n) is 24.3. The Bertz CT molecular complexity index is 851. The lowest BCUT2D eigenvalue weighted by Crippen LogP contribution is -2.29. The number of carbonyl (C=O) groups excluding carboxylic acids is 2. The van der Waals surface area contributed by atoms with Gasteiger partial charge in [-0.15, -0.1) is 0 Å². The molecular weight excluding hydrogens is 533 g/mol. The van der Waals surface area contributed by atoms with Crippen LogP contribution in [0.3, 0.4) is 0 Å². The molecular formula is C30H50NO8P. The van der Waals surface area contributed by atoms with Crippen molar-refractivity contribution in [3.8, 4) is 0 Å². The first-order chi connectivity index (χ1) is 19.3. The molecule has 0 saturated carbocycles. The van der Waals surface area contributed by atoms with Crippen molar-refractivity contribution in [2.24, 2.45) is 5.73 Å². The smallest absolute Gasteiger partial charge is 0.462 e. The monoisotopic (exact) mass is 583 g/mol. The lowest BCUT2D eigenvalue weighted by atomic mass is 10.2. The van der Waals surface area contributed by atoms with Crippen LogP contribution in [0.25, 0.3) is 0 Å². The molecule has 3 N–H and O–H groups in total. The van der Waals surface area contributed by atoms with E-state index in [1.807, 2.05) is 19.1 Å². The summed E-state index contributed by atoms with van der Waals surface area (Å²) in [6.45, 7) is 3.22. The topological polar surface area (TPSA) is 134 Å². The molecule has 0 radical (unpaired) electrons. The highest BCUT2D eigenvalue weighted by atomic mass is 31.2. The van der Waals surface area contributed by atoms with Crippen molar-refractivity contribution in [3.05, 3.63) is 60.8 Å². The van der Waals surface area contributed by atoms with Crippen LogP contribution in [-0.4, -0.2) is 49.3 Å². The maximum atomic E-state index is 12.3.